The van der Waals surface area contributed by atoms with Crippen LogP contribution >= 0.6 is 11.3 Å². The summed E-state index contributed by atoms with van der Waals surface area (Å²) in [5, 5.41) is 11.8. The molecule has 0 bridgehead atoms. The monoisotopic (exact) mass is 476 g/mol. The SMILES string of the molecule is COc1ccc(NC(=O)c2nnc(CN(C3CC3)C(C)c3cccc(C(F)(F)F)c3)s2)cc1. The van der Waals surface area contributed by atoms with Crippen molar-refractivity contribution in [1.82, 2.24) is 15.1 Å². The van der Waals surface area contributed by atoms with Crippen molar-refractivity contribution in [1.29, 1.82) is 0 Å². The number of alkyl halides is 3. The lowest BCUT2D eigenvalue weighted by atomic mass is 10.0. The zero-order valence-electron chi connectivity index (χ0n) is 18.1. The van der Waals surface area contributed by atoms with Crippen molar-refractivity contribution in [3.05, 3.63) is 69.7 Å². The van der Waals surface area contributed by atoms with Crippen LogP contribution in [0.4, 0.5) is 18.9 Å². The van der Waals surface area contributed by atoms with Crippen LogP contribution in [0, 0.1) is 0 Å². The number of anilines is 1. The van der Waals surface area contributed by atoms with E-state index in [0.717, 1.165) is 18.9 Å². The molecule has 1 unspecified atom stereocenters. The minimum atomic E-state index is -4.38. The van der Waals surface area contributed by atoms with E-state index >= 15 is 0 Å². The number of ether oxygens (including phenoxy) is 1. The van der Waals surface area contributed by atoms with Crippen LogP contribution in [-0.2, 0) is 12.7 Å². The molecule has 3 aromatic rings. The molecule has 10 heteroatoms. The van der Waals surface area contributed by atoms with Gasteiger partial charge in [0.2, 0.25) is 5.01 Å². The maximum atomic E-state index is 13.1. The van der Waals surface area contributed by atoms with Gasteiger partial charge in [-0.1, -0.05) is 23.5 Å². The number of hydrogen-bond donors (Lipinski definition) is 1. The zero-order chi connectivity index (χ0) is 23.6. The quantitative estimate of drug-likeness (QED) is 0.462. The lowest BCUT2D eigenvalue weighted by molar-refractivity contribution is -0.137. The highest BCUT2D eigenvalue weighted by atomic mass is 32.1. The van der Waals surface area contributed by atoms with E-state index in [-0.39, 0.29) is 23.0 Å². The first kappa shape index (κ1) is 23.2. The smallest absolute Gasteiger partial charge is 0.416 e. The van der Waals surface area contributed by atoms with Gasteiger partial charge < -0.3 is 10.1 Å². The number of carbonyl (C=O) groups is 1. The summed E-state index contributed by atoms with van der Waals surface area (Å²) in [6, 6.07) is 12.4. The molecule has 0 aliphatic heterocycles. The van der Waals surface area contributed by atoms with E-state index in [1.807, 2.05) is 6.92 Å². The van der Waals surface area contributed by atoms with Gasteiger partial charge in [-0.15, -0.1) is 10.2 Å². The number of amides is 1. The van der Waals surface area contributed by atoms with Gasteiger partial charge in [0.05, 0.1) is 19.2 Å². The van der Waals surface area contributed by atoms with Crippen molar-refractivity contribution < 1.29 is 22.7 Å². The van der Waals surface area contributed by atoms with Gasteiger partial charge in [0.25, 0.3) is 5.91 Å². The van der Waals surface area contributed by atoms with Gasteiger partial charge in [-0.05, 0) is 61.7 Å². The lowest BCUT2D eigenvalue weighted by Gasteiger charge is -2.29. The molecule has 1 saturated carbocycles. The van der Waals surface area contributed by atoms with Gasteiger partial charge >= 0.3 is 6.18 Å². The van der Waals surface area contributed by atoms with Crippen molar-refractivity contribution in [2.45, 2.75) is 44.6 Å². The van der Waals surface area contributed by atoms with Crippen LogP contribution in [-0.4, -0.2) is 34.2 Å². The van der Waals surface area contributed by atoms with Gasteiger partial charge in [-0.2, -0.15) is 13.2 Å². The molecule has 1 fully saturated rings. The van der Waals surface area contributed by atoms with Crippen LogP contribution in [0.3, 0.4) is 0 Å². The maximum Gasteiger partial charge on any atom is 0.416 e. The largest absolute Gasteiger partial charge is 0.497 e. The Bertz CT molecular complexity index is 1110. The molecule has 6 nitrogen and oxygen atoms in total. The number of carbonyl (C=O) groups excluding carboxylic acids is 1. The first-order valence-electron chi connectivity index (χ1n) is 10.5. The molecule has 0 radical (unpaired) electrons. The standard InChI is InChI=1S/C23H23F3N4O2S/c1-14(15-4-3-5-16(12-15)23(24,25)26)30(18-8-9-18)13-20-28-29-22(33-20)21(31)27-17-6-10-19(32-2)11-7-17/h3-7,10-12,14,18H,8-9,13H2,1-2H3,(H,27,31). The topological polar surface area (TPSA) is 67.3 Å². The Labute approximate surface area is 193 Å². The Balaban J connectivity index is 1.45. The Morgan fingerprint density at radius 2 is 1.94 bits per heavy atom. The highest BCUT2D eigenvalue weighted by Gasteiger charge is 2.35. The molecule has 4 rings (SSSR count). The Kier molecular flexibility index (Phi) is 6.66. The number of rotatable bonds is 8. The van der Waals surface area contributed by atoms with E-state index in [9.17, 15) is 18.0 Å². The van der Waals surface area contributed by atoms with E-state index in [1.165, 1.54) is 23.5 Å². The van der Waals surface area contributed by atoms with Crippen molar-refractivity contribution in [3.63, 3.8) is 0 Å². The number of methoxy groups -OCH3 is 1. The molecular weight excluding hydrogens is 453 g/mol. The number of hydrogen-bond acceptors (Lipinski definition) is 6. The van der Waals surface area contributed by atoms with Crippen LogP contribution in [0.25, 0.3) is 0 Å². The normalized spacial score (nSPS) is 14.8. The summed E-state index contributed by atoms with van der Waals surface area (Å²) in [7, 11) is 1.56. The Morgan fingerprint density at radius 1 is 1.21 bits per heavy atom. The van der Waals surface area contributed by atoms with Gasteiger partial charge in [-0.25, -0.2) is 0 Å². The summed E-state index contributed by atoms with van der Waals surface area (Å²) in [5.74, 6) is 0.314. The predicted molar refractivity (Wildman–Crippen MR) is 119 cm³/mol. The molecule has 1 aromatic heterocycles. The number of halogens is 3. The number of nitrogens with one attached hydrogen (secondary N) is 1. The molecule has 1 amide bonds. The van der Waals surface area contributed by atoms with E-state index in [0.29, 0.717) is 28.6 Å². The molecule has 2 aromatic carbocycles. The zero-order valence-corrected chi connectivity index (χ0v) is 18.9. The second-order valence-corrected chi connectivity index (χ2v) is 8.95. The molecule has 1 atom stereocenters. The third-order valence-electron chi connectivity index (χ3n) is 5.54. The van der Waals surface area contributed by atoms with Crippen LogP contribution in [0.2, 0.25) is 0 Å². The van der Waals surface area contributed by atoms with Crippen LogP contribution in [0.15, 0.2) is 48.5 Å². The fourth-order valence-electron chi connectivity index (χ4n) is 3.58. The van der Waals surface area contributed by atoms with Crippen LogP contribution in [0.1, 0.15) is 51.7 Å². The van der Waals surface area contributed by atoms with Crippen molar-refractivity contribution in [2.75, 3.05) is 12.4 Å². The minimum absolute atomic E-state index is 0.225. The number of aromatic nitrogens is 2. The molecular formula is C23H23F3N4O2S. The van der Waals surface area contributed by atoms with Crippen molar-refractivity contribution in [2.24, 2.45) is 0 Å². The first-order valence-corrected chi connectivity index (χ1v) is 11.3. The van der Waals surface area contributed by atoms with Gasteiger partial charge in [0, 0.05) is 17.8 Å². The second kappa shape index (κ2) is 9.48. The lowest BCUT2D eigenvalue weighted by Crippen LogP contribution is -2.29. The third-order valence-corrected chi connectivity index (χ3v) is 6.44. The number of benzene rings is 2. The third kappa shape index (κ3) is 5.69. The maximum absolute atomic E-state index is 13.1. The van der Waals surface area contributed by atoms with Crippen LogP contribution in [0.5, 0.6) is 5.75 Å². The molecule has 1 aliphatic carbocycles. The summed E-state index contributed by atoms with van der Waals surface area (Å²) >= 11 is 1.18. The fourth-order valence-corrected chi connectivity index (χ4v) is 4.32. The highest BCUT2D eigenvalue weighted by Crippen LogP contribution is 2.38. The summed E-state index contributed by atoms with van der Waals surface area (Å²) in [6.45, 7) is 2.31. The van der Waals surface area contributed by atoms with Crippen LogP contribution < -0.4 is 10.1 Å². The first-order chi connectivity index (χ1) is 15.7. The molecule has 0 spiro atoms. The molecule has 174 valence electrons. The average molecular weight is 477 g/mol. The second-order valence-electron chi connectivity index (χ2n) is 7.89. The van der Waals surface area contributed by atoms with Gasteiger partial charge in [0.15, 0.2) is 0 Å². The molecule has 1 aliphatic rings. The molecule has 1 heterocycles. The van der Waals surface area contributed by atoms with E-state index < -0.39 is 11.7 Å². The summed E-state index contributed by atoms with van der Waals surface area (Å²) in [5.41, 5.74) is 0.546. The van der Waals surface area contributed by atoms with E-state index in [4.69, 9.17) is 4.74 Å². The fraction of sp³-hybridized carbons (Fsp3) is 0.348. The van der Waals surface area contributed by atoms with Crippen molar-refractivity contribution >= 4 is 22.9 Å². The number of nitrogens with zero attached hydrogens (tertiary/aromatic N) is 3. The molecule has 1 N–H and O–H groups in total. The predicted octanol–water partition coefficient (Wildman–Crippen LogP) is 5.54. The van der Waals surface area contributed by atoms with Gasteiger partial charge in [0.1, 0.15) is 10.8 Å². The summed E-state index contributed by atoms with van der Waals surface area (Å²) in [6.07, 6.45) is -2.43. The molecule has 0 saturated heterocycles. The minimum Gasteiger partial charge on any atom is -0.497 e. The highest BCUT2D eigenvalue weighted by molar-refractivity contribution is 7.13. The molecule has 33 heavy (non-hydrogen) atoms. The average Bonchev–Trinajstić information content (AvgIpc) is 3.54. The Morgan fingerprint density at radius 3 is 2.58 bits per heavy atom. The van der Waals surface area contributed by atoms with E-state index in [1.54, 1.807) is 37.4 Å². The van der Waals surface area contributed by atoms with Gasteiger partial charge in [-0.3, -0.25) is 9.69 Å². The van der Waals surface area contributed by atoms with E-state index in [2.05, 4.69) is 20.4 Å². The summed E-state index contributed by atoms with van der Waals surface area (Å²) in [4.78, 5) is 14.7. The van der Waals surface area contributed by atoms with Crippen molar-refractivity contribution in [3.8, 4) is 5.75 Å². The Hall–Kier alpha value is -2.98. The summed E-state index contributed by atoms with van der Waals surface area (Å²) < 4.78 is 44.5.